The van der Waals surface area contributed by atoms with Gasteiger partial charge in [-0.25, -0.2) is 0 Å². The molecule has 0 aliphatic heterocycles. The van der Waals surface area contributed by atoms with Gasteiger partial charge in [0.2, 0.25) is 0 Å². The van der Waals surface area contributed by atoms with Crippen molar-refractivity contribution >= 4 is 0 Å². The molecule has 0 aromatic heterocycles. The Hall–Kier alpha value is -0.860. The summed E-state index contributed by atoms with van der Waals surface area (Å²) in [7, 11) is 0. The summed E-state index contributed by atoms with van der Waals surface area (Å²) < 4.78 is 0. The van der Waals surface area contributed by atoms with Crippen LogP contribution in [0.5, 0.6) is 0 Å². The fraction of sp³-hybridized carbons (Fsp3) is 0.625. The van der Waals surface area contributed by atoms with Gasteiger partial charge in [0.05, 0.1) is 0 Å². The number of rotatable bonds is 8. The third kappa shape index (κ3) is 4.43. The molecule has 0 spiro atoms. The number of nitrogens with zero attached hydrogens (tertiary/aromatic N) is 1. The molecule has 0 saturated heterocycles. The minimum atomic E-state index is 0.826. The molecule has 1 aromatic carbocycles. The summed E-state index contributed by atoms with van der Waals surface area (Å²) in [6.45, 7) is 8.91. The lowest BCUT2D eigenvalue weighted by atomic mass is 10.1. The maximum absolute atomic E-state index is 3.56. The molecular weight excluding hydrogens is 220 g/mol. The fourth-order valence-corrected chi connectivity index (χ4v) is 2.22. The lowest BCUT2D eigenvalue weighted by molar-refractivity contribution is 0.296. The van der Waals surface area contributed by atoms with Crippen LogP contribution in [0.4, 0.5) is 0 Å². The number of hydrogen-bond donors (Lipinski definition) is 1. The van der Waals surface area contributed by atoms with Crippen molar-refractivity contribution in [1.29, 1.82) is 0 Å². The van der Waals surface area contributed by atoms with E-state index in [1.54, 1.807) is 0 Å². The molecule has 1 N–H and O–H groups in total. The largest absolute Gasteiger partial charge is 0.314 e. The van der Waals surface area contributed by atoms with Crippen molar-refractivity contribution < 1.29 is 0 Å². The molecule has 2 nitrogen and oxygen atoms in total. The van der Waals surface area contributed by atoms with E-state index in [0.29, 0.717) is 0 Å². The molecule has 100 valence electrons. The normalized spacial score (nSPS) is 15.3. The van der Waals surface area contributed by atoms with E-state index < -0.39 is 0 Å². The smallest absolute Gasteiger partial charge is 0.0233 e. The molecule has 2 heteroatoms. The molecule has 0 bridgehead atoms. The van der Waals surface area contributed by atoms with Crippen LogP contribution in [-0.4, -0.2) is 30.6 Å². The Morgan fingerprint density at radius 3 is 2.22 bits per heavy atom. The average Bonchev–Trinajstić information content (AvgIpc) is 3.22. The average molecular weight is 246 g/mol. The van der Waals surface area contributed by atoms with Crippen LogP contribution < -0.4 is 5.32 Å². The van der Waals surface area contributed by atoms with Crippen LogP contribution in [0, 0.1) is 0 Å². The zero-order valence-corrected chi connectivity index (χ0v) is 11.8. The SMILES string of the molecule is CCN(CC)Cc1ccc(CCNC2CC2)cc1. The van der Waals surface area contributed by atoms with Gasteiger partial charge in [-0.3, -0.25) is 4.90 Å². The topological polar surface area (TPSA) is 15.3 Å². The number of hydrogen-bond acceptors (Lipinski definition) is 2. The molecule has 18 heavy (non-hydrogen) atoms. The minimum Gasteiger partial charge on any atom is -0.314 e. The molecule has 1 fully saturated rings. The highest BCUT2D eigenvalue weighted by Crippen LogP contribution is 2.18. The predicted molar refractivity (Wildman–Crippen MR) is 77.8 cm³/mol. The summed E-state index contributed by atoms with van der Waals surface area (Å²) in [5.74, 6) is 0. The maximum atomic E-state index is 3.56. The first-order valence-corrected chi connectivity index (χ1v) is 7.35. The maximum Gasteiger partial charge on any atom is 0.0233 e. The molecular formula is C16H26N2. The van der Waals surface area contributed by atoms with Gasteiger partial charge >= 0.3 is 0 Å². The Morgan fingerprint density at radius 1 is 1.06 bits per heavy atom. The lowest BCUT2D eigenvalue weighted by Crippen LogP contribution is -2.22. The van der Waals surface area contributed by atoms with Gasteiger partial charge in [0.25, 0.3) is 0 Å². The standard InChI is InChI=1S/C16H26N2/c1-3-18(4-2)13-15-7-5-14(6-8-15)11-12-17-16-9-10-16/h5-8,16-17H,3-4,9-13H2,1-2H3. The molecule has 0 atom stereocenters. The quantitative estimate of drug-likeness (QED) is 0.759. The summed E-state index contributed by atoms with van der Waals surface area (Å²) in [5, 5.41) is 3.56. The van der Waals surface area contributed by atoms with Crippen LogP contribution in [0.3, 0.4) is 0 Å². The van der Waals surface area contributed by atoms with E-state index in [1.807, 2.05) is 0 Å². The monoisotopic (exact) mass is 246 g/mol. The first-order chi connectivity index (χ1) is 8.81. The Kier molecular flexibility index (Phi) is 5.21. The van der Waals surface area contributed by atoms with Crippen molar-refractivity contribution in [2.24, 2.45) is 0 Å². The minimum absolute atomic E-state index is 0.826. The second-order valence-corrected chi connectivity index (χ2v) is 5.26. The summed E-state index contributed by atoms with van der Waals surface area (Å²) in [5.41, 5.74) is 2.88. The molecule has 1 aliphatic rings. The molecule has 0 heterocycles. The van der Waals surface area contributed by atoms with E-state index in [4.69, 9.17) is 0 Å². The molecule has 1 aromatic rings. The molecule has 0 unspecified atom stereocenters. The zero-order chi connectivity index (χ0) is 12.8. The van der Waals surface area contributed by atoms with Crippen molar-refractivity contribution in [2.75, 3.05) is 19.6 Å². The molecule has 1 saturated carbocycles. The van der Waals surface area contributed by atoms with Gasteiger partial charge in [-0.05, 0) is 50.0 Å². The van der Waals surface area contributed by atoms with E-state index in [0.717, 1.165) is 38.6 Å². The van der Waals surface area contributed by atoms with E-state index in [9.17, 15) is 0 Å². The van der Waals surface area contributed by atoms with Crippen LogP contribution >= 0.6 is 0 Å². The number of benzene rings is 1. The van der Waals surface area contributed by atoms with Crippen molar-refractivity contribution in [3.63, 3.8) is 0 Å². The van der Waals surface area contributed by atoms with E-state index in [1.165, 1.54) is 24.0 Å². The Bertz CT molecular complexity index is 337. The van der Waals surface area contributed by atoms with Crippen LogP contribution in [0.2, 0.25) is 0 Å². The lowest BCUT2D eigenvalue weighted by Gasteiger charge is -2.18. The van der Waals surface area contributed by atoms with E-state index >= 15 is 0 Å². The van der Waals surface area contributed by atoms with Crippen LogP contribution in [0.25, 0.3) is 0 Å². The zero-order valence-electron chi connectivity index (χ0n) is 11.8. The van der Waals surface area contributed by atoms with E-state index in [-0.39, 0.29) is 0 Å². The van der Waals surface area contributed by atoms with Crippen LogP contribution in [-0.2, 0) is 13.0 Å². The second-order valence-electron chi connectivity index (χ2n) is 5.26. The van der Waals surface area contributed by atoms with Gasteiger partial charge in [0.1, 0.15) is 0 Å². The molecule has 0 amide bonds. The van der Waals surface area contributed by atoms with Crippen LogP contribution in [0.15, 0.2) is 24.3 Å². The Morgan fingerprint density at radius 2 is 1.67 bits per heavy atom. The fourth-order valence-electron chi connectivity index (χ4n) is 2.22. The van der Waals surface area contributed by atoms with Crippen molar-refractivity contribution in [3.8, 4) is 0 Å². The van der Waals surface area contributed by atoms with Gasteiger partial charge in [-0.15, -0.1) is 0 Å². The van der Waals surface area contributed by atoms with E-state index in [2.05, 4.69) is 48.3 Å². The molecule has 2 rings (SSSR count). The van der Waals surface area contributed by atoms with Gasteiger partial charge in [-0.1, -0.05) is 38.1 Å². The van der Waals surface area contributed by atoms with Crippen molar-refractivity contribution in [1.82, 2.24) is 10.2 Å². The third-order valence-electron chi connectivity index (χ3n) is 3.75. The van der Waals surface area contributed by atoms with Gasteiger partial charge < -0.3 is 5.32 Å². The highest BCUT2D eigenvalue weighted by molar-refractivity contribution is 5.22. The van der Waals surface area contributed by atoms with Gasteiger partial charge in [0, 0.05) is 12.6 Å². The number of nitrogens with one attached hydrogen (secondary N) is 1. The molecule has 1 aliphatic carbocycles. The van der Waals surface area contributed by atoms with Gasteiger partial charge in [-0.2, -0.15) is 0 Å². The Balaban J connectivity index is 1.76. The summed E-state index contributed by atoms with van der Waals surface area (Å²) >= 11 is 0. The first-order valence-electron chi connectivity index (χ1n) is 7.35. The first kappa shape index (κ1) is 13.6. The second kappa shape index (κ2) is 6.91. The van der Waals surface area contributed by atoms with Crippen molar-refractivity contribution in [2.45, 2.75) is 45.7 Å². The third-order valence-corrected chi connectivity index (χ3v) is 3.75. The highest BCUT2D eigenvalue weighted by atomic mass is 15.1. The summed E-state index contributed by atoms with van der Waals surface area (Å²) in [6, 6.07) is 9.96. The van der Waals surface area contributed by atoms with Gasteiger partial charge in [0.15, 0.2) is 0 Å². The summed E-state index contributed by atoms with van der Waals surface area (Å²) in [4.78, 5) is 2.45. The Labute approximate surface area is 111 Å². The molecule has 0 radical (unpaired) electrons. The summed E-state index contributed by atoms with van der Waals surface area (Å²) in [6.07, 6.45) is 3.91. The van der Waals surface area contributed by atoms with Crippen molar-refractivity contribution in [3.05, 3.63) is 35.4 Å². The van der Waals surface area contributed by atoms with Crippen LogP contribution in [0.1, 0.15) is 37.8 Å². The highest BCUT2D eigenvalue weighted by Gasteiger charge is 2.19. The predicted octanol–water partition coefficient (Wildman–Crippen LogP) is 2.82.